The highest BCUT2D eigenvalue weighted by Crippen LogP contribution is 2.30. The molecule has 6 heteroatoms. The van der Waals surface area contributed by atoms with Crippen LogP contribution in [-0.2, 0) is 16.1 Å². The van der Waals surface area contributed by atoms with Crippen molar-refractivity contribution < 1.29 is 9.53 Å². The standard InChI is InChI=1S/C32H34N4O2/c1-24(2)21-36(31(37)14-11-25-7-4-3-5-8-25)22-26-9-6-10-27(19-26)28-12-13-30-29(20-28)32(34-23-33-30)35-15-17-38-18-16-35/h3-14,19-20,23-24H,15-18,21-22H2,1-2H3. The van der Waals surface area contributed by atoms with E-state index in [2.05, 4.69) is 71.2 Å². The summed E-state index contributed by atoms with van der Waals surface area (Å²) >= 11 is 0. The van der Waals surface area contributed by atoms with E-state index in [1.54, 1.807) is 12.4 Å². The Hall–Kier alpha value is -4.03. The molecule has 38 heavy (non-hydrogen) atoms. The van der Waals surface area contributed by atoms with Crippen molar-refractivity contribution in [2.45, 2.75) is 20.4 Å². The van der Waals surface area contributed by atoms with Crippen LogP contribution in [0.15, 0.2) is 85.2 Å². The summed E-state index contributed by atoms with van der Waals surface area (Å²) in [4.78, 5) is 26.5. The lowest BCUT2D eigenvalue weighted by atomic mass is 10.0. The maximum Gasteiger partial charge on any atom is 0.246 e. The zero-order chi connectivity index (χ0) is 26.3. The normalized spacial score (nSPS) is 13.9. The molecular formula is C32H34N4O2. The fraction of sp³-hybridized carbons (Fsp3) is 0.281. The highest BCUT2D eigenvalue weighted by Gasteiger charge is 2.17. The Morgan fingerprint density at radius 3 is 2.55 bits per heavy atom. The lowest BCUT2D eigenvalue weighted by molar-refractivity contribution is -0.127. The molecule has 0 N–H and O–H groups in total. The molecular weight excluding hydrogens is 472 g/mol. The van der Waals surface area contributed by atoms with E-state index in [0.717, 1.165) is 52.1 Å². The average Bonchev–Trinajstić information content (AvgIpc) is 2.96. The van der Waals surface area contributed by atoms with Crippen LogP contribution >= 0.6 is 0 Å². The van der Waals surface area contributed by atoms with E-state index >= 15 is 0 Å². The molecule has 0 spiro atoms. The molecule has 1 saturated heterocycles. The van der Waals surface area contributed by atoms with E-state index in [1.165, 1.54) is 0 Å². The molecule has 0 aliphatic carbocycles. The van der Waals surface area contributed by atoms with Crippen LogP contribution in [0.1, 0.15) is 25.0 Å². The maximum atomic E-state index is 13.2. The Balaban J connectivity index is 1.40. The molecule has 1 aromatic heterocycles. The van der Waals surface area contributed by atoms with Gasteiger partial charge in [0.25, 0.3) is 0 Å². The van der Waals surface area contributed by atoms with Crippen molar-refractivity contribution >= 4 is 28.7 Å². The van der Waals surface area contributed by atoms with Crippen LogP contribution in [0, 0.1) is 5.92 Å². The van der Waals surface area contributed by atoms with Gasteiger partial charge in [0.1, 0.15) is 12.1 Å². The zero-order valence-electron chi connectivity index (χ0n) is 22.1. The number of rotatable bonds is 8. The highest BCUT2D eigenvalue weighted by molar-refractivity contribution is 5.93. The van der Waals surface area contributed by atoms with E-state index in [9.17, 15) is 4.79 Å². The van der Waals surface area contributed by atoms with Crippen molar-refractivity contribution in [3.05, 3.63) is 96.3 Å². The van der Waals surface area contributed by atoms with Crippen LogP contribution in [0.25, 0.3) is 28.1 Å². The number of morpholine rings is 1. The van der Waals surface area contributed by atoms with Crippen molar-refractivity contribution in [3.63, 3.8) is 0 Å². The molecule has 0 atom stereocenters. The van der Waals surface area contributed by atoms with Crippen molar-refractivity contribution in [1.29, 1.82) is 0 Å². The number of benzene rings is 3. The van der Waals surface area contributed by atoms with Crippen LogP contribution < -0.4 is 4.90 Å². The van der Waals surface area contributed by atoms with Crippen molar-refractivity contribution in [3.8, 4) is 11.1 Å². The third-order valence-electron chi connectivity index (χ3n) is 6.67. The first-order valence-electron chi connectivity index (χ1n) is 13.3. The first-order chi connectivity index (χ1) is 18.6. The average molecular weight is 507 g/mol. The van der Waals surface area contributed by atoms with Crippen molar-refractivity contribution in [1.82, 2.24) is 14.9 Å². The summed E-state index contributed by atoms with van der Waals surface area (Å²) in [6, 6.07) is 24.7. The summed E-state index contributed by atoms with van der Waals surface area (Å²) in [6.45, 7) is 8.59. The van der Waals surface area contributed by atoms with Crippen molar-refractivity contribution in [2.75, 3.05) is 37.7 Å². The number of hydrogen-bond donors (Lipinski definition) is 0. The van der Waals surface area contributed by atoms with Gasteiger partial charge in [-0.1, -0.05) is 68.4 Å². The molecule has 6 nitrogen and oxygen atoms in total. The quantitative estimate of drug-likeness (QED) is 0.281. The molecule has 2 heterocycles. The molecule has 1 aliphatic heterocycles. The van der Waals surface area contributed by atoms with Crippen LogP contribution in [0.3, 0.4) is 0 Å². The monoisotopic (exact) mass is 506 g/mol. The Kier molecular flexibility index (Phi) is 8.09. The molecule has 0 radical (unpaired) electrons. The van der Waals surface area contributed by atoms with Crippen molar-refractivity contribution in [2.24, 2.45) is 5.92 Å². The second-order valence-corrected chi connectivity index (χ2v) is 10.1. The Bertz CT molecular complexity index is 1410. The van der Waals surface area contributed by atoms with Gasteiger partial charge in [-0.2, -0.15) is 0 Å². The second-order valence-electron chi connectivity index (χ2n) is 10.1. The second kappa shape index (κ2) is 12.0. The lowest BCUT2D eigenvalue weighted by Crippen LogP contribution is -2.36. The molecule has 3 aromatic carbocycles. The van der Waals surface area contributed by atoms with Gasteiger partial charge < -0.3 is 14.5 Å². The number of anilines is 1. The summed E-state index contributed by atoms with van der Waals surface area (Å²) in [5.74, 6) is 1.34. The van der Waals surface area contributed by atoms with E-state index in [4.69, 9.17) is 4.74 Å². The zero-order valence-corrected chi connectivity index (χ0v) is 22.1. The predicted molar refractivity (Wildman–Crippen MR) is 154 cm³/mol. The minimum absolute atomic E-state index is 0.0194. The summed E-state index contributed by atoms with van der Waals surface area (Å²) in [5.41, 5.74) is 5.26. The van der Waals surface area contributed by atoms with Crippen LogP contribution in [0.5, 0.6) is 0 Å². The van der Waals surface area contributed by atoms with Crippen LogP contribution in [0.2, 0.25) is 0 Å². The number of nitrogens with zero attached hydrogens (tertiary/aromatic N) is 4. The first kappa shape index (κ1) is 25.6. The van der Waals surface area contributed by atoms with Gasteiger partial charge in [-0.25, -0.2) is 9.97 Å². The Morgan fingerprint density at radius 1 is 0.974 bits per heavy atom. The molecule has 1 amide bonds. The number of carbonyl (C=O) groups excluding carboxylic acids is 1. The molecule has 4 aromatic rings. The topological polar surface area (TPSA) is 58.6 Å². The molecule has 0 bridgehead atoms. The summed E-state index contributed by atoms with van der Waals surface area (Å²) in [5, 5.41) is 1.04. The van der Waals surface area contributed by atoms with Gasteiger partial charge in [-0.3, -0.25) is 4.79 Å². The number of amides is 1. The van der Waals surface area contributed by atoms with Gasteiger partial charge in [0, 0.05) is 37.6 Å². The summed E-state index contributed by atoms with van der Waals surface area (Å²) < 4.78 is 5.53. The smallest absolute Gasteiger partial charge is 0.246 e. The van der Waals surface area contributed by atoms with E-state index in [0.29, 0.717) is 32.2 Å². The minimum Gasteiger partial charge on any atom is -0.378 e. The van der Waals surface area contributed by atoms with Gasteiger partial charge in [0.05, 0.1) is 18.7 Å². The number of fused-ring (bicyclic) bond motifs is 1. The third-order valence-corrected chi connectivity index (χ3v) is 6.67. The third kappa shape index (κ3) is 6.26. The predicted octanol–water partition coefficient (Wildman–Crippen LogP) is 5.83. The molecule has 194 valence electrons. The molecule has 0 saturated carbocycles. The number of ether oxygens (including phenoxy) is 1. The molecule has 1 aliphatic rings. The SMILES string of the molecule is CC(C)CN(Cc1cccc(-c2ccc3ncnc(N4CCOCC4)c3c2)c1)C(=O)C=Cc1ccccc1. The van der Waals surface area contributed by atoms with E-state index in [1.807, 2.05) is 41.3 Å². The molecule has 1 fully saturated rings. The van der Waals surface area contributed by atoms with Gasteiger partial charge in [0.15, 0.2) is 0 Å². The molecule has 0 unspecified atom stereocenters. The largest absolute Gasteiger partial charge is 0.378 e. The van der Waals surface area contributed by atoms with Crippen LogP contribution in [0.4, 0.5) is 5.82 Å². The van der Waals surface area contributed by atoms with Gasteiger partial charge in [0.2, 0.25) is 5.91 Å². The molecule has 5 rings (SSSR count). The first-order valence-corrected chi connectivity index (χ1v) is 13.3. The maximum absolute atomic E-state index is 13.2. The fourth-order valence-electron chi connectivity index (χ4n) is 4.83. The fourth-order valence-corrected chi connectivity index (χ4v) is 4.83. The van der Waals surface area contributed by atoms with E-state index < -0.39 is 0 Å². The Labute approximate surface area is 224 Å². The van der Waals surface area contributed by atoms with E-state index in [-0.39, 0.29) is 5.91 Å². The number of hydrogen-bond acceptors (Lipinski definition) is 5. The van der Waals surface area contributed by atoms with Gasteiger partial charge in [-0.05, 0) is 52.4 Å². The number of aromatic nitrogens is 2. The van der Waals surface area contributed by atoms with Gasteiger partial charge in [-0.15, -0.1) is 0 Å². The highest BCUT2D eigenvalue weighted by atomic mass is 16.5. The van der Waals surface area contributed by atoms with Gasteiger partial charge >= 0.3 is 0 Å². The lowest BCUT2D eigenvalue weighted by Gasteiger charge is -2.28. The minimum atomic E-state index is 0.0194. The summed E-state index contributed by atoms with van der Waals surface area (Å²) in [6.07, 6.45) is 5.20. The number of carbonyl (C=O) groups is 1. The van der Waals surface area contributed by atoms with Crippen LogP contribution in [-0.4, -0.2) is 53.6 Å². The Morgan fingerprint density at radius 2 is 1.76 bits per heavy atom. The summed E-state index contributed by atoms with van der Waals surface area (Å²) in [7, 11) is 0.